The van der Waals surface area contributed by atoms with Gasteiger partial charge < -0.3 is 19.8 Å². The summed E-state index contributed by atoms with van der Waals surface area (Å²) in [6, 6.07) is 11.8. The number of aromatic nitrogens is 1. The summed E-state index contributed by atoms with van der Waals surface area (Å²) in [7, 11) is 1.65. The Labute approximate surface area is 113 Å². The molecule has 4 heteroatoms. The van der Waals surface area contributed by atoms with Crippen LogP contribution in [0, 0.1) is 0 Å². The molecule has 0 saturated carbocycles. The maximum atomic E-state index is 5.76. The first-order chi connectivity index (χ1) is 9.35. The molecule has 0 radical (unpaired) electrons. The van der Waals surface area contributed by atoms with Gasteiger partial charge in [-0.25, -0.2) is 0 Å². The van der Waals surface area contributed by atoms with Gasteiger partial charge in [-0.15, -0.1) is 0 Å². The predicted octanol–water partition coefficient (Wildman–Crippen LogP) is 2.08. The monoisotopic (exact) mass is 260 g/mol. The number of hydrogen-bond acceptors (Lipinski definition) is 3. The average Bonchev–Trinajstić information content (AvgIpc) is 2.87. The topological polar surface area (TPSA) is 49.4 Å². The van der Waals surface area contributed by atoms with Crippen LogP contribution in [0.1, 0.15) is 5.69 Å². The third-order valence-corrected chi connectivity index (χ3v) is 2.98. The molecule has 0 aliphatic rings. The average molecular weight is 260 g/mol. The van der Waals surface area contributed by atoms with E-state index < -0.39 is 0 Å². The summed E-state index contributed by atoms with van der Waals surface area (Å²) in [6.07, 6.45) is 2.94. The highest BCUT2D eigenvalue weighted by Crippen LogP contribution is 2.25. The Morgan fingerprint density at radius 1 is 1.11 bits per heavy atom. The van der Waals surface area contributed by atoms with Crippen LogP contribution < -0.4 is 15.2 Å². The standard InChI is InChI=1S/C15H20N2O2/c1-18-14-6-2-3-7-15(14)19-12-11-17-10-4-5-13(17)8-9-16/h2-7,10H,8-9,11-12,16H2,1H3. The lowest BCUT2D eigenvalue weighted by atomic mass is 10.3. The van der Waals surface area contributed by atoms with Crippen molar-refractivity contribution in [2.45, 2.75) is 13.0 Å². The van der Waals surface area contributed by atoms with Crippen LogP contribution in [0.25, 0.3) is 0 Å². The summed E-state index contributed by atoms with van der Waals surface area (Å²) in [4.78, 5) is 0. The van der Waals surface area contributed by atoms with Gasteiger partial charge in [0.1, 0.15) is 6.61 Å². The van der Waals surface area contributed by atoms with E-state index in [2.05, 4.69) is 16.8 Å². The van der Waals surface area contributed by atoms with Crippen molar-refractivity contribution in [3.8, 4) is 11.5 Å². The molecule has 1 aromatic heterocycles. The second kappa shape index (κ2) is 6.85. The molecule has 1 heterocycles. The van der Waals surface area contributed by atoms with Crippen molar-refractivity contribution in [2.75, 3.05) is 20.3 Å². The fourth-order valence-electron chi connectivity index (χ4n) is 2.03. The molecule has 2 rings (SSSR count). The molecule has 0 atom stereocenters. The van der Waals surface area contributed by atoms with Gasteiger partial charge in [0, 0.05) is 11.9 Å². The van der Waals surface area contributed by atoms with E-state index in [0.717, 1.165) is 24.5 Å². The van der Waals surface area contributed by atoms with Crippen LogP contribution in [0.15, 0.2) is 42.6 Å². The molecule has 0 aliphatic heterocycles. The highest BCUT2D eigenvalue weighted by Gasteiger charge is 2.03. The van der Waals surface area contributed by atoms with Crippen LogP contribution in [0.3, 0.4) is 0 Å². The molecule has 19 heavy (non-hydrogen) atoms. The molecule has 0 aliphatic carbocycles. The van der Waals surface area contributed by atoms with E-state index in [9.17, 15) is 0 Å². The maximum absolute atomic E-state index is 5.76. The van der Waals surface area contributed by atoms with Crippen molar-refractivity contribution in [3.63, 3.8) is 0 Å². The van der Waals surface area contributed by atoms with E-state index in [4.69, 9.17) is 15.2 Å². The Kier molecular flexibility index (Phi) is 4.86. The molecule has 0 saturated heterocycles. The van der Waals surface area contributed by atoms with E-state index in [1.807, 2.05) is 30.3 Å². The Bertz CT molecular complexity index is 508. The third-order valence-electron chi connectivity index (χ3n) is 2.98. The number of nitrogens with two attached hydrogens (primary N) is 1. The molecular formula is C15H20N2O2. The largest absolute Gasteiger partial charge is 0.493 e. The minimum absolute atomic E-state index is 0.604. The minimum atomic E-state index is 0.604. The summed E-state index contributed by atoms with van der Waals surface area (Å²) >= 11 is 0. The molecule has 0 bridgehead atoms. The van der Waals surface area contributed by atoms with Crippen LogP contribution >= 0.6 is 0 Å². The van der Waals surface area contributed by atoms with Gasteiger partial charge in [0.15, 0.2) is 11.5 Å². The summed E-state index contributed by atoms with van der Waals surface area (Å²) in [5.41, 5.74) is 6.83. The zero-order valence-electron chi connectivity index (χ0n) is 11.2. The molecule has 1 aromatic carbocycles. The lowest BCUT2D eigenvalue weighted by Gasteiger charge is -2.12. The molecule has 0 fully saturated rings. The molecule has 102 valence electrons. The van der Waals surface area contributed by atoms with E-state index in [1.54, 1.807) is 7.11 Å². The molecule has 0 unspecified atom stereocenters. The lowest BCUT2D eigenvalue weighted by Crippen LogP contribution is -2.13. The molecule has 4 nitrogen and oxygen atoms in total. The first kappa shape index (κ1) is 13.5. The second-order valence-electron chi connectivity index (χ2n) is 4.23. The normalized spacial score (nSPS) is 10.4. The fourth-order valence-corrected chi connectivity index (χ4v) is 2.03. The minimum Gasteiger partial charge on any atom is -0.493 e. The number of nitrogens with zero attached hydrogens (tertiary/aromatic N) is 1. The van der Waals surface area contributed by atoms with Crippen molar-refractivity contribution in [1.82, 2.24) is 4.57 Å². The van der Waals surface area contributed by atoms with E-state index in [1.165, 1.54) is 5.69 Å². The van der Waals surface area contributed by atoms with E-state index in [0.29, 0.717) is 13.2 Å². The van der Waals surface area contributed by atoms with Crippen LogP contribution in [0.5, 0.6) is 11.5 Å². The zero-order valence-corrected chi connectivity index (χ0v) is 11.2. The maximum Gasteiger partial charge on any atom is 0.161 e. The van der Waals surface area contributed by atoms with Gasteiger partial charge in [-0.2, -0.15) is 0 Å². The Morgan fingerprint density at radius 3 is 2.63 bits per heavy atom. The molecular weight excluding hydrogens is 240 g/mol. The summed E-state index contributed by atoms with van der Waals surface area (Å²) < 4.78 is 13.2. The van der Waals surface area contributed by atoms with Crippen molar-refractivity contribution in [3.05, 3.63) is 48.3 Å². The highest BCUT2D eigenvalue weighted by atomic mass is 16.5. The van der Waals surface area contributed by atoms with Gasteiger partial charge in [0.25, 0.3) is 0 Å². The number of benzene rings is 1. The van der Waals surface area contributed by atoms with Crippen LogP contribution in [0.2, 0.25) is 0 Å². The van der Waals surface area contributed by atoms with Gasteiger partial charge in [-0.1, -0.05) is 12.1 Å². The van der Waals surface area contributed by atoms with Crippen molar-refractivity contribution in [2.24, 2.45) is 5.73 Å². The van der Waals surface area contributed by atoms with Crippen LogP contribution in [-0.4, -0.2) is 24.8 Å². The van der Waals surface area contributed by atoms with Crippen molar-refractivity contribution >= 4 is 0 Å². The number of para-hydroxylation sites is 2. The third kappa shape index (κ3) is 3.51. The SMILES string of the molecule is COc1ccccc1OCCn1cccc1CCN. The van der Waals surface area contributed by atoms with Gasteiger partial charge in [-0.3, -0.25) is 0 Å². The predicted molar refractivity (Wildman–Crippen MR) is 75.7 cm³/mol. The smallest absolute Gasteiger partial charge is 0.161 e. The molecule has 2 aromatic rings. The van der Waals surface area contributed by atoms with Gasteiger partial charge in [0.2, 0.25) is 0 Å². The highest BCUT2D eigenvalue weighted by molar-refractivity contribution is 5.39. The van der Waals surface area contributed by atoms with Gasteiger partial charge in [0.05, 0.1) is 13.7 Å². The van der Waals surface area contributed by atoms with E-state index >= 15 is 0 Å². The zero-order chi connectivity index (χ0) is 13.5. The first-order valence-corrected chi connectivity index (χ1v) is 6.45. The van der Waals surface area contributed by atoms with Crippen LogP contribution in [0.4, 0.5) is 0 Å². The fraction of sp³-hybridized carbons (Fsp3) is 0.333. The Morgan fingerprint density at radius 2 is 1.89 bits per heavy atom. The molecule has 0 spiro atoms. The summed E-state index contributed by atoms with van der Waals surface area (Å²) in [5, 5.41) is 0. The number of methoxy groups -OCH3 is 1. The van der Waals surface area contributed by atoms with Crippen molar-refractivity contribution in [1.29, 1.82) is 0 Å². The quantitative estimate of drug-likeness (QED) is 0.829. The number of ether oxygens (including phenoxy) is 2. The summed E-state index contributed by atoms with van der Waals surface area (Å²) in [5.74, 6) is 1.54. The second-order valence-corrected chi connectivity index (χ2v) is 4.23. The number of hydrogen-bond donors (Lipinski definition) is 1. The van der Waals surface area contributed by atoms with Crippen LogP contribution in [-0.2, 0) is 13.0 Å². The van der Waals surface area contributed by atoms with Gasteiger partial charge >= 0.3 is 0 Å². The van der Waals surface area contributed by atoms with E-state index in [-0.39, 0.29) is 0 Å². The lowest BCUT2D eigenvalue weighted by molar-refractivity contribution is 0.278. The Balaban J connectivity index is 1.91. The molecule has 2 N–H and O–H groups in total. The van der Waals surface area contributed by atoms with Crippen molar-refractivity contribution < 1.29 is 9.47 Å². The number of rotatable bonds is 7. The molecule has 0 amide bonds. The summed E-state index contributed by atoms with van der Waals surface area (Å²) in [6.45, 7) is 2.07. The van der Waals surface area contributed by atoms with Gasteiger partial charge in [-0.05, 0) is 37.2 Å². The first-order valence-electron chi connectivity index (χ1n) is 6.45. The Hall–Kier alpha value is -1.94.